The van der Waals surface area contributed by atoms with Gasteiger partial charge >= 0.3 is 0 Å². The van der Waals surface area contributed by atoms with Crippen LogP contribution in [0.4, 0.5) is 0 Å². The van der Waals surface area contributed by atoms with Gasteiger partial charge in [-0.25, -0.2) is 0 Å². The summed E-state index contributed by atoms with van der Waals surface area (Å²) in [7, 11) is 3.98. The van der Waals surface area contributed by atoms with Gasteiger partial charge < -0.3 is 21.3 Å². The molecule has 1 aromatic carbocycles. The molecule has 7 atom stereocenters. The molecular formula is C37H55N3O3S2. The summed E-state index contributed by atoms with van der Waals surface area (Å²) < 4.78 is 0. The van der Waals surface area contributed by atoms with Crippen molar-refractivity contribution in [2.45, 2.75) is 96.9 Å². The summed E-state index contributed by atoms with van der Waals surface area (Å²) in [5.74, 6) is 4.85. The molecule has 8 heteroatoms. The van der Waals surface area contributed by atoms with Crippen LogP contribution in [0.5, 0.6) is 0 Å². The van der Waals surface area contributed by atoms with E-state index < -0.39 is 0 Å². The summed E-state index contributed by atoms with van der Waals surface area (Å²) in [5.41, 5.74) is 11.5. The molecule has 0 aromatic heterocycles. The number of nitrogens with zero attached hydrogens (tertiary/aromatic N) is 1. The highest BCUT2D eigenvalue weighted by Crippen LogP contribution is 2.75. The molecule has 6 nitrogen and oxygen atoms in total. The maximum absolute atomic E-state index is 14.1. The number of nitrogens with one attached hydrogen (secondary N) is 1. The lowest BCUT2D eigenvalue weighted by molar-refractivity contribution is -0.125. The lowest BCUT2D eigenvalue weighted by Crippen LogP contribution is -2.61. The number of rotatable bonds is 8. The molecule has 248 valence electrons. The summed E-state index contributed by atoms with van der Waals surface area (Å²) in [6, 6.07) is 9.12. The topological polar surface area (TPSA) is 108 Å². The Morgan fingerprint density at radius 3 is 2.78 bits per heavy atom. The minimum Gasteiger partial charge on any atom is -0.396 e. The molecule has 6 rings (SSSR count). The highest BCUT2D eigenvalue weighted by Gasteiger charge is 2.69. The Morgan fingerprint density at radius 1 is 1.18 bits per heavy atom. The molecule has 5 N–H and O–H groups in total. The quantitative estimate of drug-likeness (QED) is 0.243. The SMILES string of the molecule is CC(C)Cc1cccc(C[C@@H]2CN=C(N)N[C@]23CCCC2=C4C[C@@H]5C[C@H](CO)[C@@H](CCCO)[C@]4(CC2=O)[C@@]5(C)CCSSC3)c1. The van der Waals surface area contributed by atoms with E-state index in [0.29, 0.717) is 35.9 Å². The van der Waals surface area contributed by atoms with Gasteiger partial charge in [-0.1, -0.05) is 72.2 Å². The Labute approximate surface area is 278 Å². The molecule has 0 unspecified atom stereocenters. The van der Waals surface area contributed by atoms with Gasteiger partial charge in [-0.15, -0.1) is 0 Å². The van der Waals surface area contributed by atoms with Gasteiger partial charge in [0.1, 0.15) is 0 Å². The van der Waals surface area contributed by atoms with E-state index in [-0.39, 0.29) is 41.4 Å². The second-order valence-electron chi connectivity index (χ2n) is 15.5. The van der Waals surface area contributed by atoms with E-state index in [4.69, 9.17) is 10.7 Å². The van der Waals surface area contributed by atoms with Crippen molar-refractivity contribution in [1.82, 2.24) is 5.32 Å². The first-order chi connectivity index (χ1) is 21.7. The van der Waals surface area contributed by atoms with Gasteiger partial charge in [0.2, 0.25) is 0 Å². The van der Waals surface area contributed by atoms with Crippen molar-refractivity contribution in [3.63, 3.8) is 0 Å². The maximum Gasteiger partial charge on any atom is 0.189 e. The third-order valence-electron chi connectivity index (χ3n) is 12.7. The summed E-state index contributed by atoms with van der Waals surface area (Å²) >= 11 is 0. The fourth-order valence-corrected chi connectivity index (χ4v) is 13.4. The van der Waals surface area contributed by atoms with Crippen LogP contribution in [0.25, 0.3) is 0 Å². The molecular weight excluding hydrogens is 599 g/mol. The number of aliphatic hydroxyl groups excluding tert-OH is 2. The van der Waals surface area contributed by atoms with E-state index in [9.17, 15) is 15.0 Å². The van der Waals surface area contributed by atoms with Crippen LogP contribution in [0, 0.1) is 40.4 Å². The molecule has 2 heterocycles. The zero-order chi connectivity index (χ0) is 31.8. The zero-order valence-corrected chi connectivity index (χ0v) is 29.3. The van der Waals surface area contributed by atoms with Crippen molar-refractivity contribution in [3.05, 3.63) is 46.5 Å². The molecule has 1 aromatic rings. The second kappa shape index (κ2) is 13.6. The normalized spacial score (nSPS) is 36.8. The third-order valence-corrected chi connectivity index (χ3v) is 15.2. The number of Topliss-reactive ketones (excluding diaryl/α,β-unsaturated/α-hetero) is 1. The fraction of sp³-hybridized carbons (Fsp3) is 0.730. The van der Waals surface area contributed by atoms with Crippen LogP contribution in [-0.2, 0) is 17.6 Å². The van der Waals surface area contributed by atoms with E-state index in [1.807, 2.05) is 21.6 Å². The predicted octanol–water partition coefficient (Wildman–Crippen LogP) is 6.34. The highest BCUT2D eigenvalue weighted by atomic mass is 33.1. The van der Waals surface area contributed by atoms with Crippen molar-refractivity contribution >= 4 is 33.3 Å². The molecule has 0 saturated heterocycles. The van der Waals surface area contributed by atoms with Crippen LogP contribution < -0.4 is 11.1 Å². The molecule has 0 radical (unpaired) electrons. The van der Waals surface area contributed by atoms with Gasteiger partial charge in [0.25, 0.3) is 0 Å². The maximum atomic E-state index is 14.1. The van der Waals surface area contributed by atoms with Crippen LogP contribution in [0.1, 0.15) is 89.7 Å². The van der Waals surface area contributed by atoms with E-state index in [2.05, 4.69) is 50.4 Å². The average Bonchev–Trinajstić information content (AvgIpc) is 3.33. The molecule has 2 saturated carbocycles. The first-order valence-electron chi connectivity index (χ1n) is 17.5. The van der Waals surface area contributed by atoms with Gasteiger partial charge in [0.15, 0.2) is 11.7 Å². The number of carbonyl (C=O) groups is 1. The molecule has 0 amide bonds. The molecule has 3 aliphatic carbocycles. The summed E-state index contributed by atoms with van der Waals surface area (Å²) in [4.78, 5) is 18.8. The van der Waals surface area contributed by atoms with Crippen LogP contribution in [0.2, 0.25) is 0 Å². The number of ketones is 1. The van der Waals surface area contributed by atoms with Gasteiger partial charge in [0, 0.05) is 49.0 Å². The van der Waals surface area contributed by atoms with Gasteiger partial charge in [0.05, 0.1) is 5.54 Å². The number of benzene rings is 1. The molecule has 2 aliphatic heterocycles. The molecule has 2 fully saturated rings. The first kappa shape index (κ1) is 33.4. The van der Waals surface area contributed by atoms with Crippen LogP contribution >= 0.6 is 21.6 Å². The van der Waals surface area contributed by atoms with E-state index in [0.717, 1.165) is 87.8 Å². The average molecular weight is 654 g/mol. The largest absolute Gasteiger partial charge is 0.396 e. The Bertz CT molecular complexity index is 1320. The van der Waals surface area contributed by atoms with Gasteiger partial charge in [-0.3, -0.25) is 9.79 Å². The van der Waals surface area contributed by atoms with Crippen LogP contribution in [-0.4, -0.2) is 58.8 Å². The molecule has 5 bridgehead atoms. The summed E-state index contributed by atoms with van der Waals surface area (Å²) in [5, 5.41) is 24.1. The van der Waals surface area contributed by atoms with E-state index in [1.54, 1.807) is 0 Å². The molecule has 45 heavy (non-hydrogen) atoms. The Morgan fingerprint density at radius 2 is 2.00 bits per heavy atom. The number of allylic oxidation sites excluding steroid dienone is 2. The lowest BCUT2D eigenvalue weighted by Gasteiger charge is -2.57. The third kappa shape index (κ3) is 6.04. The number of carbonyl (C=O) groups excluding carboxylic acids is 1. The predicted molar refractivity (Wildman–Crippen MR) is 188 cm³/mol. The highest BCUT2D eigenvalue weighted by molar-refractivity contribution is 8.76. The Hall–Kier alpha value is -1.48. The monoisotopic (exact) mass is 653 g/mol. The van der Waals surface area contributed by atoms with Crippen LogP contribution in [0.15, 0.2) is 40.4 Å². The number of nitrogens with two attached hydrogens (primary N) is 1. The summed E-state index contributed by atoms with van der Waals surface area (Å²) in [6.07, 6.45) is 10.2. The zero-order valence-electron chi connectivity index (χ0n) is 27.7. The minimum atomic E-state index is -0.180. The van der Waals surface area contributed by atoms with Gasteiger partial charge in [-0.2, -0.15) is 0 Å². The number of hydrogen-bond donors (Lipinski definition) is 4. The Balaban J connectivity index is 1.31. The minimum absolute atomic E-state index is 0.0501. The van der Waals surface area contributed by atoms with Gasteiger partial charge in [-0.05, 0) is 110 Å². The number of guanidine groups is 1. The fourth-order valence-electron chi connectivity index (χ4n) is 10.6. The molecule has 5 aliphatic rings. The lowest BCUT2D eigenvalue weighted by atomic mass is 9.47. The van der Waals surface area contributed by atoms with Crippen LogP contribution in [0.3, 0.4) is 0 Å². The molecule has 2 spiro atoms. The number of aliphatic imine (C=N–C) groups is 1. The van der Waals surface area contributed by atoms with E-state index in [1.165, 1.54) is 16.7 Å². The standard InChI is InChI=1S/C37H55N3O3S2/c1-24(2)15-25-7-4-8-26(16-25)17-29-21-39-34(38)40-36(29)11-5-9-30-32-19-28-18-27(22-42)31(10-6-13-41)37(32,20-33(30)43)35(28,3)12-14-44-45-23-36/h4,7-8,16,24,27-29,31,41-42H,5-6,9-15,17-23H2,1-3H3,(H3,38,39,40)/t27-,28+,29-,31-,35+,36+,37+/m1/s1. The first-order valence-corrected chi connectivity index (χ1v) is 20.0. The van der Waals surface area contributed by atoms with Crippen molar-refractivity contribution < 1.29 is 15.0 Å². The number of hydrogen-bond acceptors (Lipinski definition) is 8. The van der Waals surface area contributed by atoms with Crippen molar-refractivity contribution in [1.29, 1.82) is 0 Å². The van der Waals surface area contributed by atoms with Crippen molar-refractivity contribution in [3.8, 4) is 0 Å². The van der Waals surface area contributed by atoms with Crippen molar-refractivity contribution in [2.75, 3.05) is 31.3 Å². The smallest absolute Gasteiger partial charge is 0.189 e. The Kier molecular flexibility index (Phi) is 10.1. The van der Waals surface area contributed by atoms with E-state index >= 15 is 0 Å². The second-order valence-corrected chi connectivity index (χ2v) is 18.1. The summed E-state index contributed by atoms with van der Waals surface area (Å²) in [6.45, 7) is 8.11. The van der Waals surface area contributed by atoms with Crippen molar-refractivity contribution in [2.24, 2.45) is 51.1 Å². The number of aliphatic hydroxyl groups is 2.